The lowest BCUT2D eigenvalue weighted by Gasteiger charge is -2.12. The molecule has 4 rings (SSSR count). The first-order valence-corrected chi connectivity index (χ1v) is 11.1. The van der Waals surface area contributed by atoms with Gasteiger partial charge in [-0.2, -0.15) is 4.39 Å². The normalized spacial score (nSPS) is 11.0. The average molecular weight is 463 g/mol. The fourth-order valence-electron chi connectivity index (χ4n) is 3.64. The van der Waals surface area contributed by atoms with Crippen LogP contribution in [0.1, 0.15) is 23.6 Å². The minimum Gasteiger partial charge on any atom is -0.486 e. The standard InChI is InChI=1S/C29H25F3O2/c1-3-33-17-21-8-13-24(26(30)16-21)22-11-6-20(7-12-22)18-34-27-15-14-25(28(31)29(27)32)23-9-4-19(2)5-10-23/h4-16H,3,17-18H2,1-2H3. The van der Waals surface area contributed by atoms with Crippen molar-refractivity contribution >= 4 is 0 Å². The first kappa shape index (κ1) is 23.6. The quantitative estimate of drug-likeness (QED) is 0.265. The van der Waals surface area contributed by atoms with Crippen LogP contribution in [0.2, 0.25) is 0 Å². The number of hydrogen-bond acceptors (Lipinski definition) is 2. The number of halogens is 3. The summed E-state index contributed by atoms with van der Waals surface area (Å²) in [6.07, 6.45) is 0. The minimum absolute atomic E-state index is 0.0519. The van der Waals surface area contributed by atoms with Gasteiger partial charge in [-0.05, 0) is 54.3 Å². The third-order valence-electron chi connectivity index (χ3n) is 5.58. The molecule has 0 aliphatic rings. The summed E-state index contributed by atoms with van der Waals surface area (Å²) in [6.45, 7) is 4.81. The summed E-state index contributed by atoms with van der Waals surface area (Å²) in [5.74, 6) is -2.45. The van der Waals surface area contributed by atoms with E-state index in [0.717, 1.165) is 16.7 Å². The molecule has 0 fully saturated rings. The van der Waals surface area contributed by atoms with E-state index < -0.39 is 11.6 Å². The molecule has 0 bridgehead atoms. The molecule has 0 spiro atoms. The average Bonchev–Trinajstić information content (AvgIpc) is 2.85. The minimum atomic E-state index is -1.02. The summed E-state index contributed by atoms with van der Waals surface area (Å²) in [5, 5.41) is 0. The maximum absolute atomic E-state index is 14.7. The maximum Gasteiger partial charge on any atom is 0.201 e. The van der Waals surface area contributed by atoms with E-state index in [0.29, 0.717) is 29.9 Å². The van der Waals surface area contributed by atoms with Crippen LogP contribution < -0.4 is 4.74 Å². The zero-order chi connectivity index (χ0) is 24.1. The monoisotopic (exact) mass is 462 g/mol. The van der Waals surface area contributed by atoms with Crippen molar-refractivity contribution in [3.05, 3.63) is 113 Å². The van der Waals surface area contributed by atoms with E-state index in [1.54, 1.807) is 42.5 Å². The fraction of sp³-hybridized carbons (Fsp3) is 0.172. The Morgan fingerprint density at radius 3 is 1.94 bits per heavy atom. The molecule has 0 atom stereocenters. The van der Waals surface area contributed by atoms with Crippen LogP contribution in [0.15, 0.2) is 78.9 Å². The van der Waals surface area contributed by atoms with Gasteiger partial charge in [-0.3, -0.25) is 0 Å². The number of benzene rings is 4. The van der Waals surface area contributed by atoms with Crippen LogP contribution in [0.4, 0.5) is 13.2 Å². The molecule has 0 amide bonds. The van der Waals surface area contributed by atoms with Crippen LogP contribution in [-0.2, 0) is 18.0 Å². The second kappa shape index (κ2) is 10.6. The third kappa shape index (κ3) is 5.32. The highest BCUT2D eigenvalue weighted by atomic mass is 19.2. The van der Waals surface area contributed by atoms with E-state index >= 15 is 0 Å². The van der Waals surface area contributed by atoms with Crippen molar-refractivity contribution in [2.24, 2.45) is 0 Å². The molecule has 0 heterocycles. The van der Waals surface area contributed by atoms with E-state index in [2.05, 4.69) is 0 Å². The smallest absolute Gasteiger partial charge is 0.201 e. The first-order chi connectivity index (χ1) is 16.5. The van der Waals surface area contributed by atoms with Gasteiger partial charge in [0.2, 0.25) is 5.82 Å². The Bertz CT molecular complexity index is 1270. The highest BCUT2D eigenvalue weighted by Gasteiger charge is 2.16. The lowest BCUT2D eigenvalue weighted by Crippen LogP contribution is -2.00. The topological polar surface area (TPSA) is 18.5 Å². The molecular weight excluding hydrogens is 437 g/mol. The maximum atomic E-state index is 14.7. The summed E-state index contributed by atoms with van der Waals surface area (Å²) >= 11 is 0. The van der Waals surface area contributed by atoms with Gasteiger partial charge in [0.25, 0.3) is 0 Å². The highest BCUT2D eigenvalue weighted by Crippen LogP contribution is 2.31. The van der Waals surface area contributed by atoms with E-state index in [-0.39, 0.29) is 23.7 Å². The summed E-state index contributed by atoms with van der Waals surface area (Å²) in [5.41, 5.74) is 4.54. The Hall–Kier alpha value is -3.57. The Morgan fingerprint density at radius 1 is 0.647 bits per heavy atom. The molecule has 0 N–H and O–H groups in total. The molecule has 0 aliphatic carbocycles. The van der Waals surface area contributed by atoms with Gasteiger partial charge in [-0.1, -0.05) is 66.2 Å². The molecule has 4 aromatic rings. The van der Waals surface area contributed by atoms with Crippen LogP contribution >= 0.6 is 0 Å². The fourth-order valence-corrected chi connectivity index (χ4v) is 3.64. The molecule has 5 heteroatoms. The molecule has 0 unspecified atom stereocenters. The Labute approximate surface area is 197 Å². The third-order valence-corrected chi connectivity index (χ3v) is 5.58. The van der Waals surface area contributed by atoms with Crippen LogP contribution in [-0.4, -0.2) is 6.61 Å². The van der Waals surface area contributed by atoms with Crippen molar-refractivity contribution in [2.75, 3.05) is 6.61 Å². The first-order valence-electron chi connectivity index (χ1n) is 11.1. The zero-order valence-electron chi connectivity index (χ0n) is 19.1. The Balaban J connectivity index is 1.44. The van der Waals surface area contributed by atoms with Crippen molar-refractivity contribution in [1.82, 2.24) is 0 Å². The van der Waals surface area contributed by atoms with E-state index in [1.165, 1.54) is 18.2 Å². The number of aryl methyl sites for hydroxylation is 1. The molecule has 0 saturated carbocycles. The van der Waals surface area contributed by atoms with E-state index in [4.69, 9.17) is 9.47 Å². The van der Waals surface area contributed by atoms with Crippen LogP contribution in [0.25, 0.3) is 22.3 Å². The van der Waals surface area contributed by atoms with Gasteiger partial charge in [0.15, 0.2) is 11.6 Å². The molecular formula is C29H25F3O2. The zero-order valence-corrected chi connectivity index (χ0v) is 19.1. The number of ether oxygens (including phenoxy) is 2. The molecule has 0 saturated heterocycles. The van der Waals surface area contributed by atoms with Gasteiger partial charge in [-0.25, -0.2) is 8.78 Å². The predicted molar refractivity (Wildman–Crippen MR) is 128 cm³/mol. The summed E-state index contributed by atoms with van der Waals surface area (Å²) in [6, 6.07) is 22.3. The second-order valence-electron chi connectivity index (χ2n) is 8.04. The molecule has 4 aromatic carbocycles. The largest absolute Gasteiger partial charge is 0.486 e. The summed E-state index contributed by atoms with van der Waals surface area (Å²) in [7, 11) is 0. The number of rotatable bonds is 8. The van der Waals surface area contributed by atoms with Crippen molar-refractivity contribution in [2.45, 2.75) is 27.1 Å². The van der Waals surface area contributed by atoms with Gasteiger partial charge in [0.05, 0.1) is 6.61 Å². The van der Waals surface area contributed by atoms with E-state index in [1.807, 2.05) is 32.0 Å². The van der Waals surface area contributed by atoms with Gasteiger partial charge in [0.1, 0.15) is 12.4 Å². The SMILES string of the molecule is CCOCc1ccc(-c2ccc(COc3ccc(-c4ccc(C)cc4)c(F)c3F)cc2)c(F)c1. The van der Waals surface area contributed by atoms with E-state index in [9.17, 15) is 13.2 Å². The molecule has 34 heavy (non-hydrogen) atoms. The van der Waals surface area contributed by atoms with Crippen molar-refractivity contribution in [1.29, 1.82) is 0 Å². The van der Waals surface area contributed by atoms with Crippen LogP contribution in [0.3, 0.4) is 0 Å². The molecule has 2 nitrogen and oxygen atoms in total. The van der Waals surface area contributed by atoms with Crippen LogP contribution in [0, 0.1) is 24.4 Å². The molecule has 0 radical (unpaired) electrons. The second-order valence-corrected chi connectivity index (χ2v) is 8.04. The lowest BCUT2D eigenvalue weighted by atomic mass is 10.0. The van der Waals surface area contributed by atoms with Gasteiger partial charge in [-0.15, -0.1) is 0 Å². The van der Waals surface area contributed by atoms with Gasteiger partial charge < -0.3 is 9.47 Å². The Kier molecular flexibility index (Phi) is 7.33. The molecule has 174 valence electrons. The van der Waals surface area contributed by atoms with Crippen molar-refractivity contribution in [3.8, 4) is 28.0 Å². The predicted octanol–water partition coefficient (Wildman–Crippen LogP) is 7.86. The summed E-state index contributed by atoms with van der Waals surface area (Å²) < 4.78 is 54.7. The van der Waals surface area contributed by atoms with Gasteiger partial charge >= 0.3 is 0 Å². The van der Waals surface area contributed by atoms with Gasteiger partial charge in [0, 0.05) is 17.7 Å². The Morgan fingerprint density at radius 2 is 1.26 bits per heavy atom. The number of hydrogen-bond donors (Lipinski definition) is 0. The van der Waals surface area contributed by atoms with Crippen molar-refractivity contribution < 1.29 is 22.6 Å². The molecule has 0 aromatic heterocycles. The van der Waals surface area contributed by atoms with Crippen LogP contribution in [0.5, 0.6) is 5.75 Å². The lowest BCUT2D eigenvalue weighted by molar-refractivity contribution is 0.134. The summed E-state index contributed by atoms with van der Waals surface area (Å²) in [4.78, 5) is 0. The highest BCUT2D eigenvalue weighted by molar-refractivity contribution is 5.66. The van der Waals surface area contributed by atoms with Crippen molar-refractivity contribution in [3.63, 3.8) is 0 Å². The molecule has 0 aliphatic heterocycles.